The Morgan fingerprint density at radius 2 is 1.83 bits per heavy atom. The minimum absolute atomic E-state index is 0.0972. The lowest BCUT2D eigenvalue weighted by molar-refractivity contribution is -0.188. The van der Waals surface area contributed by atoms with Crippen molar-refractivity contribution in [3.63, 3.8) is 0 Å². The zero-order chi connectivity index (χ0) is 9.41. The van der Waals surface area contributed by atoms with Crippen molar-refractivity contribution in [1.82, 2.24) is 4.90 Å². The Bertz CT molecular complexity index is 159. The number of hydrogen-bond donors (Lipinski definition) is 1. The molecule has 0 unspecified atom stereocenters. The van der Waals surface area contributed by atoms with Crippen LogP contribution in [0, 0.1) is 7.05 Å². The first-order valence-corrected chi connectivity index (χ1v) is 4.01. The fourth-order valence-corrected chi connectivity index (χ4v) is 1.36. The van der Waals surface area contributed by atoms with E-state index in [0.717, 1.165) is 6.92 Å². The van der Waals surface area contributed by atoms with E-state index in [1.54, 1.807) is 4.90 Å². The van der Waals surface area contributed by atoms with Gasteiger partial charge in [-0.2, -0.15) is 0 Å². The van der Waals surface area contributed by atoms with Gasteiger partial charge in [0.2, 0.25) is 0 Å². The first-order valence-electron chi connectivity index (χ1n) is 4.01. The van der Waals surface area contributed by atoms with Crippen LogP contribution in [0.25, 0.3) is 0 Å². The Kier molecular flexibility index (Phi) is 2.40. The molecule has 1 aliphatic rings. The van der Waals surface area contributed by atoms with Crippen molar-refractivity contribution in [2.45, 2.75) is 31.3 Å². The normalized spacial score (nSPS) is 25.8. The zero-order valence-electron chi connectivity index (χ0n) is 7.19. The summed E-state index contributed by atoms with van der Waals surface area (Å²) in [5.41, 5.74) is -1.82. The molecule has 72 valence electrons. The van der Waals surface area contributed by atoms with Crippen LogP contribution in [0.2, 0.25) is 0 Å². The molecular weight excluding hydrogens is 164 g/mol. The number of nitrogens with zero attached hydrogens (tertiary/aromatic N) is 1. The molecule has 2 nitrogen and oxygen atoms in total. The van der Waals surface area contributed by atoms with Gasteiger partial charge >= 0.3 is 0 Å². The Labute approximate surface area is 71.2 Å². The van der Waals surface area contributed by atoms with Gasteiger partial charge in [-0.3, -0.25) is 7.05 Å². The monoisotopic (exact) mass is 178 g/mol. The van der Waals surface area contributed by atoms with Crippen LogP contribution in [-0.4, -0.2) is 34.6 Å². The second-order valence-corrected chi connectivity index (χ2v) is 3.54. The molecule has 0 radical (unpaired) electrons. The van der Waals surface area contributed by atoms with Crippen molar-refractivity contribution >= 4 is 0 Å². The molecular formula is C8H14F2NO-. The molecule has 1 N–H and O–H groups in total. The maximum absolute atomic E-state index is 12.8. The Balaban J connectivity index is 2.62. The topological polar surface area (TPSA) is 23.5 Å². The van der Waals surface area contributed by atoms with Gasteiger partial charge in [0, 0.05) is 6.92 Å². The minimum atomic E-state index is -3.01. The first kappa shape index (κ1) is 9.86. The van der Waals surface area contributed by atoms with Gasteiger partial charge in [-0.1, -0.05) is 0 Å². The third kappa shape index (κ3) is 1.75. The first-order chi connectivity index (χ1) is 5.35. The molecule has 0 amide bonds. The summed E-state index contributed by atoms with van der Waals surface area (Å²) in [5, 5.41) is 9.52. The van der Waals surface area contributed by atoms with Crippen LogP contribution in [-0.2, 0) is 0 Å². The summed E-state index contributed by atoms with van der Waals surface area (Å²) in [7, 11) is 3.62. The van der Waals surface area contributed by atoms with E-state index in [1.807, 2.05) is 0 Å². The Morgan fingerprint density at radius 3 is 2.17 bits per heavy atom. The van der Waals surface area contributed by atoms with Gasteiger partial charge in [0.15, 0.2) is 0 Å². The molecule has 0 aromatic rings. The number of rotatable bonds is 1. The molecule has 1 rings (SSSR count). The third-order valence-corrected chi connectivity index (χ3v) is 2.50. The van der Waals surface area contributed by atoms with Gasteiger partial charge in [0.05, 0.1) is 0 Å². The van der Waals surface area contributed by atoms with E-state index in [1.165, 1.54) is 0 Å². The van der Waals surface area contributed by atoms with Gasteiger partial charge in [-0.05, 0) is 25.9 Å². The number of alkyl halides is 2. The summed E-state index contributed by atoms with van der Waals surface area (Å²) in [6.45, 7) is 1.63. The fraction of sp³-hybridized carbons (Fsp3) is 0.875. The third-order valence-electron chi connectivity index (χ3n) is 2.50. The number of hydrogen-bond acceptors (Lipinski definition) is 2. The van der Waals surface area contributed by atoms with E-state index in [4.69, 9.17) is 0 Å². The molecule has 0 bridgehead atoms. The standard InChI is InChI=1S/C8H14F2NO/c1-7(9,10)8(12)3-5-11(2)6-4-8/h12H,2-6H2,1H3/q-1. The summed E-state index contributed by atoms with van der Waals surface area (Å²) in [4.78, 5) is 1.69. The van der Waals surface area contributed by atoms with Crippen LogP contribution in [0.5, 0.6) is 0 Å². The SMILES string of the molecule is [CH2-]N1CCC(O)(C(C)(F)F)CC1. The van der Waals surface area contributed by atoms with Crippen LogP contribution in [0.3, 0.4) is 0 Å². The molecule has 0 spiro atoms. The lowest BCUT2D eigenvalue weighted by Gasteiger charge is -2.43. The number of halogens is 2. The second-order valence-electron chi connectivity index (χ2n) is 3.54. The largest absolute Gasteiger partial charge is 0.459 e. The molecule has 1 aliphatic heterocycles. The van der Waals surface area contributed by atoms with E-state index in [2.05, 4.69) is 7.05 Å². The van der Waals surface area contributed by atoms with Crippen LogP contribution >= 0.6 is 0 Å². The predicted octanol–water partition coefficient (Wildman–Crippen LogP) is 1.26. The van der Waals surface area contributed by atoms with E-state index < -0.39 is 11.5 Å². The molecule has 0 aliphatic carbocycles. The molecule has 1 fully saturated rings. The molecule has 12 heavy (non-hydrogen) atoms. The number of likely N-dealkylation sites (tertiary alicyclic amines) is 1. The van der Waals surface area contributed by atoms with E-state index in [9.17, 15) is 13.9 Å². The summed E-state index contributed by atoms with van der Waals surface area (Å²) in [5.74, 6) is -3.01. The summed E-state index contributed by atoms with van der Waals surface area (Å²) in [6, 6.07) is 0. The summed E-state index contributed by atoms with van der Waals surface area (Å²) in [6.07, 6.45) is 0.194. The Morgan fingerprint density at radius 1 is 1.42 bits per heavy atom. The van der Waals surface area contributed by atoms with Crippen molar-refractivity contribution in [3.8, 4) is 0 Å². The van der Waals surface area contributed by atoms with Crippen molar-refractivity contribution in [2.75, 3.05) is 13.1 Å². The lowest BCUT2D eigenvalue weighted by Crippen LogP contribution is -2.52. The summed E-state index contributed by atoms with van der Waals surface area (Å²) >= 11 is 0. The molecule has 0 aromatic heterocycles. The smallest absolute Gasteiger partial charge is 0.273 e. The van der Waals surface area contributed by atoms with Crippen LogP contribution in [0.4, 0.5) is 8.78 Å². The summed E-state index contributed by atoms with van der Waals surface area (Å²) < 4.78 is 25.7. The average Bonchev–Trinajstić information content (AvgIpc) is 1.93. The molecule has 0 atom stereocenters. The van der Waals surface area contributed by atoms with Gasteiger partial charge in [0.25, 0.3) is 5.92 Å². The molecule has 1 heterocycles. The average molecular weight is 178 g/mol. The molecule has 0 aromatic carbocycles. The van der Waals surface area contributed by atoms with Gasteiger partial charge in [-0.25, -0.2) is 8.78 Å². The van der Waals surface area contributed by atoms with Gasteiger partial charge in [0.1, 0.15) is 5.60 Å². The zero-order valence-corrected chi connectivity index (χ0v) is 7.19. The van der Waals surface area contributed by atoms with Crippen molar-refractivity contribution in [3.05, 3.63) is 7.05 Å². The van der Waals surface area contributed by atoms with Crippen LogP contribution < -0.4 is 0 Å². The molecule has 1 saturated heterocycles. The molecule has 0 saturated carbocycles. The van der Waals surface area contributed by atoms with Gasteiger partial charge in [-0.15, -0.1) is 0 Å². The van der Waals surface area contributed by atoms with E-state index in [-0.39, 0.29) is 12.8 Å². The number of aliphatic hydroxyl groups is 1. The van der Waals surface area contributed by atoms with E-state index in [0.29, 0.717) is 13.1 Å². The lowest BCUT2D eigenvalue weighted by atomic mass is 9.86. The van der Waals surface area contributed by atoms with Gasteiger partial charge < -0.3 is 10.0 Å². The maximum Gasteiger partial charge on any atom is 0.273 e. The second kappa shape index (κ2) is 2.92. The highest BCUT2D eigenvalue weighted by Gasteiger charge is 2.48. The van der Waals surface area contributed by atoms with Crippen LogP contribution in [0.1, 0.15) is 19.8 Å². The molecule has 4 heteroatoms. The Hall–Kier alpha value is -0.220. The predicted molar refractivity (Wildman–Crippen MR) is 41.7 cm³/mol. The fourth-order valence-electron chi connectivity index (χ4n) is 1.36. The highest BCUT2D eigenvalue weighted by Crippen LogP contribution is 2.36. The van der Waals surface area contributed by atoms with E-state index >= 15 is 0 Å². The van der Waals surface area contributed by atoms with Crippen molar-refractivity contribution in [2.24, 2.45) is 0 Å². The van der Waals surface area contributed by atoms with Crippen LogP contribution in [0.15, 0.2) is 0 Å². The quantitative estimate of drug-likeness (QED) is 0.611. The van der Waals surface area contributed by atoms with Crippen molar-refractivity contribution < 1.29 is 13.9 Å². The highest BCUT2D eigenvalue weighted by atomic mass is 19.3. The highest BCUT2D eigenvalue weighted by molar-refractivity contribution is 4.94. The number of piperidine rings is 1. The maximum atomic E-state index is 12.8. The minimum Gasteiger partial charge on any atom is -0.459 e. The van der Waals surface area contributed by atoms with Crippen molar-refractivity contribution in [1.29, 1.82) is 0 Å².